The van der Waals surface area contributed by atoms with Gasteiger partial charge in [-0.15, -0.1) is 12.4 Å². The monoisotopic (exact) mass is 326 g/mol. The second-order valence-electron chi connectivity index (χ2n) is 5.83. The van der Waals surface area contributed by atoms with E-state index in [0.717, 1.165) is 43.7 Å². The van der Waals surface area contributed by atoms with Crippen molar-refractivity contribution in [2.45, 2.75) is 45.6 Å². The van der Waals surface area contributed by atoms with Crippen molar-refractivity contribution in [3.8, 4) is 5.75 Å². The third-order valence-corrected chi connectivity index (χ3v) is 3.82. The summed E-state index contributed by atoms with van der Waals surface area (Å²) < 4.78 is 5.79. The molecule has 22 heavy (non-hydrogen) atoms. The number of rotatable bonds is 7. The molecule has 1 atom stereocenters. The van der Waals surface area contributed by atoms with Crippen molar-refractivity contribution >= 4 is 18.3 Å². The third kappa shape index (κ3) is 6.24. The van der Waals surface area contributed by atoms with Gasteiger partial charge in [-0.05, 0) is 56.8 Å². The highest BCUT2D eigenvalue weighted by molar-refractivity contribution is 5.85. The van der Waals surface area contributed by atoms with Crippen molar-refractivity contribution in [2.75, 3.05) is 19.7 Å². The van der Waals surface area contributed by atoms with Crippen LogP contribution in [-0.2, 0) is 4.79 Å². The highest BCUT2D eigenvalue weighted by Crippen LogP contribution is 2.19. The zero-order valence-electron chi connectivity index (χ0n) is 13.5. The molecule has 0 saturated carbocycles. The summed E-state index contributed by atoms with van der Waals surface area (Å²) in [6.07, 6.45) is 3.41. The Kier molecular flexibility index (Phi) is 8.28. The number of hydrogen-bond donors (Lipinski definition) is 2. The summed E-state index contributed by atoms with van der Waals surface area (Å²) in [5, 5.41) is 6.31. The number of unbranched alkanes of at least 4 members (excludes halogenated alkanes) is 1. The quantitative estimate of drug-likeness (QED) is 0.758. The fourth-order valence-corrected chi connectivity index (χ4v) is 2.51. The van der Waals surface area contributed by atoms with Gasteiger partial charge in [0, 0.05) is 19.0 Å². The lowest BCUT2D eigenvalue weighted by atomic mass is 10.1. The molecule has 5 heteroatoms. The molecule has 4 nitrogen and oxygen atoms in total. The van der Waals surface area contributed by atoms with E-state index < -0.39 is 0 Å². The lowest BCUT2D eigenvalue weighted by Crippen LogP contribution is -2.36. The lowest BCUT2D eigenvalue weighted by molar-refractivity contribution is -0.121. The third-order valence-electron chi connectivity index (χ3n) is 3.82. The number of ether oxygens (including phenoxy) is 1. The highest BCUT2D eigenvalue weighted by atomic mass is 35.5. The molecular formula is C17H27ClN2O2. The van der Waals surface area contributed by atoms with Crippen LogP contribution >= 0.6 is 12.4 Å². The van der Waals surface area contributed by atoms with Gasteiger partial charge in [-0.2, -0.15) is 0 Å². The Morgan fingerprint density at radius 1 is 1.36 bits per heavy atom. The second kappa shape index (κ2) is 9.70. The van der Waals surface area contributed by atoms with E-state index in [2.05, 4.69) is 42.7 Å². The molecule has 1 amide bonds. The van der Waals surface area contributed by atoms with Crippen LogP contribution in [0.2, 0.25) is 0 Å². The molecule has 0 radical (unpaired) electrons. The number of halogens is 1. The van der Waals surface area contributed by atoms with Gasteiger partial charge in [-0.25, -0.2) is 0 Å². The van der Waals surface area contributed by atoms with Crippen LogP contribution in [0.15, 0.2) is 18.2 Å². The summed E-state index contributed by atoms with van der Waals surface area (Å²) in [7, 11) is 0. The van der Waals surface area contributed by atoms with E-state index in [1.165, 1.54) is 5.56 Å². The van der Waals surface area contributed by atoms with Crippen LogP contribution in [0.1, 0.15) is 36.8 Å². The molecule has 0 bridgehead atoms. The number of nitrogens with one attached hydrogen (secondary N) is 2. The number of amides is 1. The lowest BCUT2D eigenvalue weighted by Gasteiger charge is -2.12. The van der Waals surface area contributed by atoms with Gasteiger partial charge >= 0.3 is 0 Å². The molecule has 2 rings (SSSR count). The van der Waals surface area contributed by atoms with Crippen LogP contribution in [-0.4, -0.2) is 31.6 Å². The number of benzene rings is 1. The Bertz CT molecular complexity index is 474. The summed E-state index contributed by atoms with van der Waals surface area (Å²) in [5.41, 5.74) is 2.37. The van der Waals surface area contributed by atoms with E-state index in [4.69, 9.17) is 4.74 Å². The molecular weight excluding hydrogens is 300 g/mol. The summed E-state index contributed by atoms with van der Waals surface area (Å²) in [5.74, 6) is 1.12. The van der Waals surface area contributed by atoms with Crippen molar-refractivity contribution in [3.63, 3.8) is 0 Å². The average Bonchev–Trinajstić information content (AvgIpc) is 2.95. The molecule has 0 aromatic heterocycles. The van der Waals surface area contributed by atoms with Crippen molar-refractivity contribution in [1.82, 2.24) is 10.6 Å². The minimum atomic E-state index is 0. The topological polar surface area (TPSA) is 50.4 Å². The van der Waals surface area contributed by atoms with Gasteiger partial charge in [0.15, 0.2) is 0 Å². The second-order valence-corrected chi connectivity index (χ2v) is 5.83. The maximum Gasteiger partial charge on any atom is 0.220 e. The maximum atomic E-state index is 11.8. The van der Waals surface area contributed by atoms with Gasteiger partial charge in [0.2, 0.25) is 5.91 Å². The van der Waals surface area contributed by atoms with Crippen LogP contribution in [0, 0.1) is 13.8 Å². The molecule has 2 N–H and O–H groups in total. The van der Waals surface area contributed by atoms with E-state index in [1.54, 1.807) is 0 Å². The van der Waals surface area contributed by atoms with Gasteiger partial charge in [0.25, 0.3) is 0 Å². The Morgan fingerprint density at radius 3 is 2.91 bits per heavy atom. The summed E-state index contributed by atoms with van der Waals surface area (Å²) in [6.45, 7) is 6.70. The average molecular weight is 327 g/mol. The molecule has 124 valence electrons. The first-order chi connectivity index (χ1) is 10.1. The van der Waals surface area contributed by atoms with E-state index >= 15 is 0 Å². The predicted octanol–water partition coefficient (Wildman–Crippen LogP) is 2.75. The van der Waals surface area contributed by atoms with Gasteiger partial charge in [0.05, 0.1) is 6.61 Å². The molecule has 1 fully saturated rings. The van der Waals surface area contributed by atoms with Crippen LogP contribution in [0.5, 0.6) is 5.75 Å². The van der Waals surface area contributed by atoms with Crippen LogP contribution in [0.25, 0.3) is 0 Å². The Morgan fingerprint density at radius 2 is 2.18 bits per heavy atom. The summed E-state index contributed by atoms with van der Waals surface area (Å²) in [4.78, 5) is 11.8. The first-order valence-electron chi connectivity index (χ1n) is 7.85. The largest absolute Gasteiger partial charge is 0.493 e. The molecule has 1 heterocycles. The standard InChI is InChI=1S/C17H26N2O2.ClH/c1-13-6-7-14(2)16(11-13)21-10-4-3-5-17(20)19-15-8-9-18-12-15;/h6-7,11,15,18H,3-5,8-10,12H2,1-2H3,(H,19,20);1H. The predicted molar refractivity (Wildman–Crippen MR) is 91.9 cm³/mol. The number of carbonyl (C=O) groups is 1. The van der Waals surface area contributed by atoms with Gasteiger partial charge in [-0.1, -0.05) is 12.1 Å². The van der Waals surface area contributed by atoms with Gasteiger partial charge in [-0.3, -0.25) is 4.79 Å². The zero-order valence-corrected chi connectivity index (χ0v) is 14.3. The number of aryl methyl sites for hydroxylation is 2. The first-order valence-corrected chi connectivity index (χ1v) is 7.85. The normalized spacial score (nSPS) is 16.9. The van der Waals surface area contributed by atoms with Crippen molar-refractivity contribution < 1.29 is 9.53 Å². The summed E-state index contributed by atoms with van der Waals surface area (Å²) >= 11 is 0. The SMILES string of the molecule is Cc1ccc(C)c(OCCCCC(=O)NC2CCNC2)c1.Cl. The number of hydrogen-bond acceptors (Lipinski definition) is 3. The molecule has 1 aliphatic heterocycles. The Hall–Kier alpha value is -1.26. The van der Waals surface area contributed by atoms with Crippen LogP contribution in [0.3, 0.4) is 0 Å². The minimum absolute atomic E-state index is 0. The fraction of sp³-hybridized carbons (Fsp3) is 0.588. The smallest absolute Gasteiger partial charge is 0.220 e. The first kappa shape index (κ1) is 18.8. The van der Waals surface area contributed by atoms with E-state index in [0.29, 0.717) is 19.1 Å². The molecule has 1 aromatic carbocycles. The summed E-state index contributed by atoms with van der Waals surface area (Å²) in [6, 6.07) is 6.55. The molecule has 1 aromatic rings. The number of carbonyl (C=O) groups excluding carboxylic acids is 1. The molecule has 0 aliphatic carbocycles. The molecule has 1 saturated heterocycles. The van der Waals surface area contributed by atoms with Gasteiger partial charge in [0.1, 0.15) is 5.75 Å². The van der Waals surface area contributed by atoms with E-state index in [-0.39, 0.29) is 18.3 Å². The van der Waals surface area contributed by atoms with E-state index in [1.807, 2.05) is 0 Å². The van der Waals surface area contributed by atoms with Crippen LogP contribution in [0.4, 0.5) is 0 Å². The zero-order chi connectivity index (χ0) is 15.1. The fourth-order valence-electron chi connectivity index (χ4n) is 2.51. The van der Waals surface area contributed by atoms with Crippen molar-refractivity contribution in [2.24, 2.45) is 0 Å². The highest BCUT2D eigenvalue weighted by Gasteiger charge is 2.15. The van der Waals surface area contributed by atoms with Gasteiger partial charge < -0.3 is 15.4 Å². The maximum absolute atomic E-state index is 11.8. The van der Waals surface area contributed by atoms with E-state index in [9.17, 15) is 4.79 Å². The van der Waals surface area contributed by atoms with Crippen LogP contribution < -0.4 is 15.4 Å². The molecule has 0 spiro atoms. The van der Waals surface area contributed by atoms with Crippen molar-refractivity contribution in [1.29, 1.82) is 0 Å². The molecule has 1 aliphatic rings. The van der Waals surface area contributed by atoms with Crippen molar-refractivity contribution in [3.05, 3.63) is 29.3 Å². The Balaban J connectivity index is 0.00000242. The minimum Gasteiger partial charge on any atom is -0.493 e. The Labute approximate surface area is 139 Å². The molecule has 1 unspecified atom stereocenters.